The molecule has 1 atom stereocenters. The predicted octanol–water partition coefficient (Wildman–Crippen LogP) is 2.08. The van der Waals surface area contributed by atoms with Gasteiger partial charge in [0.1, 0.15) is 11.6 Å². The van der Waals surface area contributed by atoms with Crippen LogP contribution < -0.4 is 10.6 Å². The highest BCUT2D eigenvalue weighted by Crippen LogP contribution is 2.30. The van der Waals surface area contributed by atoms with Crippen molar-refractivity contribution < 1.29 is 32.8 Å². The first-order valence-corrected chi connectivity index (χ1v) is 7.47. The molecular formula is C15H13F3N4O5. The van der Waals surface area contributed by atoms with E-state index in [2.05, 4.69) is 15.6 Å². The molecular weight excluding hydrogens is 373 g/mol. The van der Waals surface area contributed by atoms with E-state index in [4.69, 9.17) is 9.90 Å². The lowest BCUT2D eigenvalue weighted by atomic mass is 10.1. The van der Waals surface area contributed by atoms with E-state index in [-0.39, 0.29) is 17.6 Å². The molecule has 0 saturated carbocycles. The monoisotopic (exact) mass is 386 g/mol. The summed E-state index contributed by atoms with van der Waals surface area (Å²) in [5.41, 5.74) is 1.14. The molecule has 0 aliphatic carbocycles. The number of nitrogens with one attached hydrogen (secondary N) is 2. The standard InChI is InChI=1S/C13H12N4O3.C2HF3O2/c18-13-10(5-7-15-13)16-9-3-4-11(17(19)20)8-2-1-6-14-12(8)9;3-2(4,5)1(6)7/h1-4,6,10,16H,5,7H2,(H,15,18);(H,6,7). The van der Waals surface area contributed by atoms with E-state index < -0.39 is 17.1 Å². The zero-order chi connectivity index (χ0) is 20.2. The number of nitrogens with zero attached hydrogens (tertiary/aromatic N) is 2. The van der Waals surface area contributed by atoms with Crippen LogP contribution in [0.25, 0.3) is 10.9 Å². The minimum atomic E-state index is -5.08. The number of hydrogen-bond acceptors (Lipinski definition) is 6. The Morgan fingerprint density at radius 1 is 1.37 bits per heavy atom. The summed E-state index contributed by atoms with van der Waals surface area (Å²) in [6, 6.07) is 6.02. The highest BCUT2D eigenvalue weighted by Gasteiger charge is 2.38. The molecule has 0 radical (unpaired) electrons. The fourth-order valence-electron chi connectivity index (χ4n) is 2.35. The number of rotatable bonds is 3. The number of amides is 1. The molecule has 2 heterocycles. The number of benzene rings is 1. The Morgan fingerprint density at radius 3 is 2.56 bits per heavy atom. The van der Waals surface area contributed by atoms with Crippen molar-refractivity contribution >= 4 is 34.2 Å². The molecule has 1 fully saturated rings. The fraction of sp³-hybridized carbons (Fsp3) is 0.267. The Morgan fingerprint density at radius 2 is 2.04 bits per heavy atom. The third kappa shape index (κ3) is 4.80. The van der Waals surface area contributed by atoms with Crippen LogP contribution in [0.1, 0.15) is 6.42 Å². The molecule has 1 aliphatic heterocycles. The number of alkyl halides is 3. The molecule has 1 aliphatic rings. The van der Waals surface area contributed by atoms with Crippen LogP contribution in [0.5, 0.6) is 0 Å². The predicted molar refractivity (Wildman–Crippen MR) is 87.1 cm³/mol. The number of carboxylic acids is 1. The number of pyridine rings is 1. The van der Waals surface area contributed by atoms with E-state index in [1.165, 1.54) is 6.07 Å². The Kier molecular flexibility index (Phi) is 5.78. The molecule has 144 valence electrons. The van der Waals surface area contributed by atoms with E-state index in [0.29, 0.717) is 29.6 Å². The molecule has 27 heavy (non-hydrogen) atoms. The molecule has 9 nitrogen and oxygen atoms in total. The van der Waals surface area contributed by atoms with Gasteiger partial charge >= 0.3 is 12.1 Å². The number of aliphatic carboxylic acids is 1. The fourth-order valence-corrected chi connectivity index (χ4v) is 2.35. The number of fused-ring (bicyclic) bond motifs is 1. The van der Waals surface area contributed by atoms with E-state index >= 15 is 0 Å². The topological polar surface area (TPSA) is 134 Å². The lowest BCUT2D eigenvalue weighted by Crippen LogP contribution is -2.29. The smallest absolute Gasteiger partial charge is 0.475 e. The molecule has 1 aromatic carbocycles. The number of carbonyl (C=O) groups excluding carboxylic acids is 1. The van der Waals surface area contributed by atoms with Gasteiger partial charge in [-0.05, 0) is 24.6 Å². The molecule has 1 aromatic heterocycles. The van der Waals surface area contributed by atoms with Crippen LogP contribution in [0, 0.1) is 10.1 Å². The van der Waals surface area contributed by atoms with Crippen molar-refractivity contribution in [2.75, 3.05) is 11.9 Å². The highest BCUT2D eigenvalue weighted by atomic mass is 19.4. The number of nitro groups is 1. The summed E-state index contributed by atoms with van der Waals surface area (Å²) in [5.74, 6) is -2.82. The van der Waals surface area contributed by atoms with E-state index in [9.17, 15) is 28.1 Å². The van der Waals surface area contributed by atoms with Crippen molar-refractivity contribution in [1.29, 1.82) is 0 Å². The summed E-state index contributed by atoms with van der Waals surface area (Å²) < 4.78 is 31.7. The second-order valence-electron chi connectivity index (χ2n) is 5.37. The van der Waals surface area contributed by atoms with Gasteiger partial charge in [0.15, 0.2) is 0 Å². The van der Waals surface area contributed by atoms with Crippen molar-refractivity contribution in [1.82, 2.24) is 10.3 Å². The molecule has 1 unspecified atom stereocenters. The first-order chi connectivity index (χ1) is 12.6. The quantitative estimate of drug-likeness (QED) is 0.543. The number of carbonyl (C=O) groups is 2. The van der Waals surface area contributed by atoms with E-state index in [1.54, 1.807) is 24.4 Å². The van der Waals surface area contributed by atoms with Crippen LogP contribution >= 0.6 is 0 Å². The number of carboxylic acid groups (broad SMARTS) is 1. The molecule has 0 bridgehead atoms. The van der Waals surface area contributed by atoms with Crippen molar-refractivity contribution in [2.45, 2.75) is 18.6 Å². The van der Waals surface area contributed by atoms with Crippen LogP contribution in [0.2, 0.25) is 0 Å². The maximum Gasteiger partial charge on any atom is 0.490 e. The van der Waals surface area contributed by atoms with Gasteiger partial charge in [0.05, 0.1) is 16.0 Å². The van der Waals surface area contributed by atoms with Crippen molar-refractivity contribution in [3.05, 3.63) is 40.6 Å². The molecule has 0 spiro atoms. The van der Waals surface area contributed by atoms with Crippen molar-refractivity contribution in [3.63, 3.8) is 0 Å². The third-order valence-corrected chi connectivity index (χ3v) is 3.56. The molecule has 1 amide bonds. The SMILES string of the molecule is O=C(O)C(F)(F)F.O=C1NCCC1Nc1ccc([N+](=O)[O-])c2cccnc12. The molecule has 1 saturated heterocycles. The van der Waals surface area contributed by atoms with Gasteiger partial charge < -0.3 is 15.7 Å². The molecule has 2 aromatic rings. The van der Waals surface area contributed by atoms with Gasteiger partial charge in [0.25, 0.3) is 5.69 Å². The molecule has 3 rings (SSSR count). The summed E-state index contributed by atoms with van der Waals surface area (Å²) in [6.45, 7) is 0.634. The zero-order valence-corrected chi connectivity index (χ0v) is 13.5. The van der Waals surface area contributed by atoms with Gasteiger partial charge in [-0.3, -0.25) is 19.9 Å². The largest absolute Gasteiger partial charge is 0.490 e. The highest BCUT2D eigenvalue weighted by molar-refractivity contribution is 5.98. The maximum absolute atomic E-state index is 11.6. The average molecular weight is 386 g/mol. The van der Waals surface area contributed by atoms with E-state index in [0.717, 1.165) is 0 Å². The van der Waals surface area contributed by atoms with E-state index in [1.807, 2.05) is 0 Å². The normalized spacial score (nSPS) is 16.3. The second kappa shape index (κ2) is 7.85. The number of non-ortho nitro benzene ring substituents is 1. The van der Waals surface area contributed by atoms with Gasteiger partial charge in [0.2, 0.25) is 5.91 Å². The molecule has 3 N–H and O–H groups in total. The average Bonchev–Trinajstić information content (AvgIpc) is 2.99. The minimum absolute atomic E-state index is 0.00882. The van der Waals surface area contributed by atoms with Crippen molar-refractivity contribution in [2.24, 2.45) is 0 Å². The Bertz CT molecular complexity index is 887. The number of nitro benzene ring substituents is 1. The lowest BCUT2D eigenvalue weighted by Gasteiger charge is -2.13. The van der Waals surface area contributed by atoms with Crippen LogP contribution in [-0.4, -0.2) is 45.7 Å². The van der Waals surface area contributed by atoms with Crippen LogP contribution in [0.15, 0.2) is 30.5 Å². The van der Waals surface area contributed by atoms with Gasteiger partial charge in [-0.25, -0.2) is 4.79 Å². The summed E-state index contributed by atoms with van der Waals surface area (Å²) in [7, 11) is 0. The summed E-state index contributed by atoms with van der Waals surface area (Å²) in [6.07, 6.45) is -2.82. The summed E-state index contributed by atoms with van der Waals surface area (Å²) in [5, 5.41) is 24.4. The Balaban J connectivity index is 0.000000321. The number of anilines is 1. The Hall–Kier alpha value is -3.44. The zero-order valence-electron chi connectivity index (χ0n) is 13.5. The molecule has 12 heteroatoms. The summed E-state index contributed by atoms with van der Waals surface area (Å²) >= 11 is 0. The van der Waals surface area contributed by atoms with Gasteiger partial charge in [-0.1, -0.05) is 0 Å². The second-order valence-corrected chi connectivity index (χ2v) is 5.37. The van der Waals surface area contributed by atoms with Crippen LogP contribution in [-0.2, 0) is 9.59 Å². The number of aromatic nitrogens is 1. The minimum Gasteiger partial charge on any atom is -0.475 e. The lowest BCUT2D eigenvalue weighted by molar-refractivity contribution is -0.383. The van der Waals surface area contributed by atoms with Crippen LogP contribution in [0.3, 0.4) is 0 Å². The first-order valence-electron chi connectivity index (χ1n) is 7.47. The maximum atomic E-state index is 11.6. The number of halogens is 3. The van der Waals surface area contributed by atoms with Crippen LogP contribution in [0.4, 0.5) is 24.5 Å². The van der Waals surface area contributed by atoms with Gasteiger partial charge in [0, 0.05) is 18.8 Å². The number of hydrogen-bond donors (Lipinski definition) is 3. The first kappa shape index (κ1) is 19.9. The third-order valence-electron chi connectivity index (χ3n) is 3.56. The summed E-state index contributed by atoms with van der Waals surface area (Å²) in [4.78, 5) is 35.3. The van der Waals surface area contributed by atoms with Gasteiger partial charge in [-0.2, -0.15) is 13.2 Å². The van der Waals surface area contributed by atoms with Gasteiger partial charge in [-0.15, -0.1) is 0 Å². The Labute approximate surface area is 149 Å². The van der Waals surface area contributed by atoms with Crippen molar-refractivity contribution in [3.8, 4) is 0 Å².